The van der Waals surface area contributed by atoms with Crippen LogP contribution in [0.4, 0.5) is 17.2 Å². The Hall–Kier alpha value is -3.54. The highest BCUT2D eigenvalue weighted by atomic mass is 16.5. The van der Waals surface area contributed by atoms with E-state index in [-0.39, 0.29) is 5.91 Å². The molecule has 0 unspecified atom stereocenters. The maximum absolute atomic E-state index is 12.8. The third-order valence-corrected chi connectivity index (χ3v) is 5.04. The van der Waals surface area contributed by atoms with Crippen LogP contribution in [-0.4, -0.2) is 31.7 Å². The molecule has 1 amide bonds. The molecular weight excluding hydrogens is 366 g/mol. The lowest BCUT2D eigenvalue weighted by molar-refractivity contribution is 0.102. The summed E-state index contributed by atoms with van der Waals surface area (Å²) in [5, 5.41) is 2.91. The van der Waals surface area contributed by atoms with Crippen molar-refractivity contribution in [3.63, 3.8) is 0 Å². The summed E-state index contributed by atoms with van der Waals surface area (Å²) in [6.07, 6.45) is 3.79. The number of para-hydroxylation sites is 1. The van der Waals surface area contributed by atoms with Crippen LogP contribution in [0, 0.1) is 0 Å². The molecule has 1 aliphatic rings. The normalized spacial score (nSPS) is 12.8. The monoisotopic (exact) mass is 389 g/mol. The molecule has 0 atom stereocenters. The van der Waals surface area contributed by atoms with E-state index in [4.69, 9.17) is 9.47 Å². The number of anilines is 3. The Labute approximate surface area is 170 Å². The molecule has 0 saturated carbocycles. The lowest BCUT2D eigenvalue weighted by Gasteiger charge is -2.30. The van der Waals surface area contributed by atoms with E-state index >= 15 is 0 Å². The molecule has 2 heterocycles. The second-order valence-electron chi connectivity index (χ2n) is 6.81. The molecule has 0 aliphatic carbocycles. The largest absolute Gasteiger partial charge is 0.493 e. The third-order valence-electron chi connectivity index (χ3n) is 5.04. The van der Waals surface area contributed by atoms with Gasteiger partial charge in [0.15, 0.2) is 11.5 Å². The van der Waals surface area contributed by atoms with Crippen LogP contribution < -0.4 is 19.7 Å². The lowest BCUT2D eigenvalue weighted by Crippen LogP contribution is -2.25. The van der Waals surface area contributed by atoms with Crippen molar-refractivity contribution in [3.05, 3.63) is 71.9 Å². The summed E-state index contributed by atoms with van der Waals surface area (Å²) in [5.74, 6) is 1.74. The van der Waals surface area contributed by atoms with Gasteiger partial charge in [-0.2, -0.15) is 0 Å². The van der Waals surface area contributed by atoms with Gasteiger partial charge in [-0.05, 0) is 48.7 Å². The fraction of sp³-hybridized carbons (Fsp3) is 0.217. The molecule has 4 rings (SSSR count). The van der Waals surface area contributed by atoms with Crippen LogP contribution >= 0.6 is 0 Å². The number of amides is 1. The first-order chi connectivity index (χ1) is 14.2. The third kappa shape index (κ3) is 3.87. The molecule has 6 nitrogen and oxygen atoms in total. The van der Waals surface area contributed by atoms with Gasteiger partial charge in [0.25, 0.3) is 5.91 Å². The van der Waals surface area contributed by atoms with E-state index < -0.39 is 0 Å². The molecule has 0 fully saturated rings. The molecule has 1 N–H and O–H groups in total. The molecular formula is C23H23N3O3. The van der Waals surface area contributed by atoms with Gasteiger partial charge in [-0.3, -0.25) is 4.79 Å². The molecule has 0 radical (unpaired) electrons. The zero-order chi connectivity index (χ0) is 20.2. The Morgan fingerprint density at radius 1 is 1.03 bits per heavy atom. The van der Waals surface area contributed by atoms with Gasteiger partial charge in [0.05, 0.1) is 14.2 Å². The Kier molecular flexibility index (Phi) is 5.33. The number of methoxy groups -OCH3 is 2. The van der Waals surface area contributed by atoms with Gasteiger partial charge in [-0.25, -0.2) is 4.98 Å². The van der Waals surface area contributed by atoms with Crippen LogP contribution in [0.1, 0.15) is 22.3 Å². The number of carbonyl (C=O) groups excluding carboxylic acids is 1. The van der Waals surface area contributed by atoms with Crippen molar-refractivity contribution in [3.8, 4) is 11.5 Å². The topological polar surface area (TPSA) is 63.7 Å². The Balaban J connectivity index is 1.57. The Bertz CT molecular complexity index is 1040. The number of carbonyl (C=O) groups is 1. The number of ether oxygens (including phenoxy) is 2. The van der Waals surface area contributed by atoms with Gasteiger partial charge in [0, 0.05) is 35.7 Å². The van der Waals surface area contributed by atoms with Crippen LogP contribution in [-0.2, 0) is 6.42 Å². The number of aromatic nitrogens is 1. The minimum Gasteiger partial charge on any atom is -0.493 e. The first kappa shape index (κ1) is 18.8. The quantitative estimate of drug-likeness (QED) is 0.699. The fourth-order valence-electron chi connectivity index (χ4n) is 3.60. The van der Waals surface area contributed by atoms with Crippen molar-refractivity contribution in [1.82, 2.24) is 4.98 Å². The van der Waals surface area contributed by atoms with Gasteiger partial charge < -0.3 is 19.7 Å². The van der Waals surface area contributed by atoms with Gasteiger partial charge in [0.1, 0.15) is 5.82 Å². The number of rotatable bonds is 5. The van der Waals surface area contributed by atoms with E-state index in [1.165, 1.54) is 5.56 Å². The van der Waals surface area contributed by atoms with Crippen molar-refractivity contribution in [2.24, 2.45) is 0 Å². The number of fused-ring (bicyclic) bond motifs is 1. The molecule has 0 spiro atoms. The van der Waals surface area contributed by atoms with Crippen molar-refractivity contribution < 1.29 is 14.3 Å². The van der Waals surface area contributed by atoms with Crippen LogP contribution in [0.3, 0.4) is 0 Å². The number of nitrogens with one attached hydrogen (secondary N) is 1. The zero-order valence-corrected chi connectivity index (χ0v) is 16.5. The van der Waals surface area contributed by atoms with E-state index in [0.717, 1.165) is 30.9 Å². The first-order valence-electron chi connectivity index (χ1n) is 9.54. The van der Waals surface area contributed by atoms with Crippen LogP contribution in [0.5, 0.6) is 11.5 Å². The molecule has 6 heteroatoms. The number of aryl methyl sites for hydroxylation is 1. The molecule has 2 aromatic carbocycles. The molecule has 148 valence electrons. The average Bonchev–Trinajstić information content (AvgIpc) is 2.78. The van der Waals surface area contributed by atoms with Crippen molar-refractivity contribution >= 4 is 23.1 Å². The molecule has 3 aromatic rings. The summed E-state index contributed by atoms with van der Waals surface area (Å²) in [7, 11) is 3.14. The van der Waals surface area contributed by atoms with Gasteiger partial charge in [-0.15, -0.1) is 0 Å². The van der Waals surface area contributed by atoms with Crippen LogP contribution in [0.15, 0.2) is 60.8 Å². The number of nitrogens with zero attached hydrogens (tertiary/aromatic N) is 2. The molecule has 29 heavy (non-hydrogen) atoms. The van der Waals surface area contributed by atoms with Crippen molar-refractivity contribution in [2.45, 2.75) is 12.8 Å². The standard InChI is InChI=1S/C23H23N3O3/c1-28-20-10-9-18(15-21(20)29-2)25-23(27)17-11-12-24-22(14-17)26-13-5-7-16-6-3-4-8-19(16)26/h3-4,6,8-12,14-15H,5,7,13H2,1-2H3,(H,25,27). The number of pyridine rings is 1. The predicted octanol–water partition coefficient (Wildman–Crippen LogP) is 4.44. The van der Waals surface area contributed by atoms with E-state index in [9.17, 15) is 4.79 Å². The fourth-order valence-corrected chi connectivity index (χ4v) is 3.60. The molecule has 0 bridgehead atoms. The van der Waals surface area contributed by atoms with E-state index in [1.807, 2.05) is 12.1 Å². The van der Waals surface area contributed by atoms with Crippen LogP contribution in [0.25, 0.3) is 0 Å². The minimum atomic E-state index is -0.203. The Morgan fingerprint density at radius 2 is 1.86 bits per heavy atom. The summed E-state index contributed by atoms with van der Waals surface area (Å²) in [6.45, 7) is 0.880. The lowest BCUT2D eigenvalue weighted by atomic mass is 10.0. The number of hydrogen-bond donors (Lipinski definition) is 1. The highest BCUT2D eigenvalue weighted by molar-refractivity contribution is 6.04. The second-order valence-corrected chi connectivity index (χ2v) is 6.81. The molecule has 0 saturated heterocycles. The number of hydrogen-bond acceptors (Lipinski definition) is 5. The molecule has 1 aromatic heterocycles. The first-order valence-corrected chi connectivity index (χ1v) is 9.54. The molecule has 1 aliphatic heterocycles. The summed E-state index contributed by atoms with van der Waals surface area (Å²) >= 11 is 0. The minimum absolute atomic E-state index is 0.203. The maximum Gasteiger partial charge on any atom is 0.255 e. The van der Waals surface area contributed by atoms with Gasteiger partial charge in [0.2, 0.25) is 0 Å². The van der Waals surface area contributed by atoms with E-state index in [1.54, 1.807) is 44.7 Å². The Morgan fingerprint density at radius 3 is 2.69 bits per heavy atom. The summed E-state index contributed by atoms with van der Waals surface area (Å²) in [5.41, 5.74) is 3.65. The highest BCUT2D eigenvalue weighted by Crippen LogP contribution is 2.33. The SMILES string of the molecule is COc1ccc(NC(=O)c2ccnc(N3CCCc4ccccc43)c2)cc1OC. The summed E-state index contributed by atoms with van der Waals surface area (Å²) in [6, 6.07) is 17.2. The number of benzene rings is 2. The van der Waals surface area contributed by atoms with Crippen LogP contribution in [0.2, 0.25) is 0 Å². The van der Waals surface area contributed by atoms with E-state index in [0.29, 0.717) is 22.7 Å². The summed E-state index contributed by atoms with van der Waals surface area (Å²) in [4.78, 5) is 19.5. The maximum atomic E-state index is 12.8. The zero-order valence-electron chi connectivity index (χ0n) is 16.5. The average molecular weight is 389 g/mol. The van der Waals surface area contributed by atoms with Crippen molar-refractivity contribution in [2.75, 3.05) is 31.0 Å². The summed E-state index contributed by atoms with van der Waals surface area (Å²) < 4.78 is 10.5. The highest BCUT2D eigenvalue weighted by Gasteiger charge is 2.20. The van der Waals surface area contributed by atoms with Gasteiger partial charge >= 0.3 is 0 Å². The second kappa shape index (κ2) is 8.22. The van der Waals surface area contributed by atoms with Crippen molar-refractivity contribution in [1.29, 1.82) is 0 Å². The van der Waals surface area contributed by atoms with E-state index in [2.05, 4.69) is 33.4 Å². The van der Waals surface area contributed by atoms with Gasteiger partial charge in [-0.1, -0.05) is 18.2 Å². The predicted molar refractivity (Wildman–Crippen MR) is 114 cm³/mol. The smallest absolute Gasteiger partial charge is 0.255 e.